The number of carbonyl (C=O) groups is 1. The molecule has 7 heteroatoms. The summed E-state index contributed by atoms with van der Waals surface area (Å²) >= 11 is 0. The zero-order valence-corrected chi connectivity index (χ0v) is 13.1. The first-order valence-corrected chi connectivity index (χ1v) is 8.12. The maximum atomic E-state index is 12.4. The van der Waals surface area contributed by atoms with Crippen LogP contribution in [0.5, 0.6) is 0 Å². The fraction of sp³-hybridized carbons (Fsp3) is 0.200. The quantitative estimate of drug-likeness (QED) is 0.872. The molecule has 0 bridgehead atoms. The normalized spacial score (nSPS) is 12.8. The number of nitrogens with two attached hydrogens (primary N) is 1. The van der Waals surface area contributed by atoms with Crippen LogP contribution in [0.15, 0.2) is 47.6 Å². The Bertz CT molecular complexity index is 789. The molecule has 0 saturated carbocycles. The van der Waals surface area contributed by atoms with Crippen LogP contribution in [-0.2, 0) is 10.0 Å². The number of benzene rings is 1. The zero-order valence-electron chi connectivity index (χ0n) is 12.3. The van der Waals surface area contributed by atoms with Gasteiger partial charge in [-0.2, -0.15) is 0 Å². The van der Waals surface area contributed by atoms with Crippen LogP contribution in [0.1, 0.15) is 34.5 Å². The van der Waals surface area contributed by atoms with E-state index in [1.807, 2.05) is 0 Å². The third-order valence-corrected chi connectivity index (χ3v) is 4.84. The van der Waals surface area contributed by atoms with Crippen LogP contribution >= 0.6 is 0 Å². The monoisotopic (exact) mass is 319 g/mol. The van der Waals surface area contributed by atoms with E-state index >= 15 is 0 Å². The largest absolute Gasteiger partial charge is 0.366 e. The van der Waals surface area contributed by atoms with Crippen molar-refractivity contribution in [1.82, 2.24) is 9.71 Å². The van der Waals surface area contributed by atoms with Gasteiger partial charge in [0.2, 0.25) is 15.9 Å². The summed E-state index contributed by atoms with van der Waals surface area (Å²) in [5.41, 5.74) is 6.82. The second-order valence-corrected chi connectivity index (χ2v) is 6.68. The predicted molar refractivity (Wildman–Crippen MR) is 82.7 cm³/mol. The Labute approximate surface area is 129 Å². The maximum Gasteiger partial charge on any atom is 0.249 e. The molecule has 2 rings (SSSR count). The summed E-state index contributed by atoms with van der Waals surface area (Å²) in [5.74, 6) is -0.658. The Morgan fingerprint density at radius 3 is 2.64 bits per heavy atom. The highest BCUT2D eigenvalue weighted by molar-refractivity contribution is 7.89. The smallest absolute Gasteiger partial charge is 0.249 e. The van der Waals surface area contributed by atoms with Crippen molar-refractivity contribution in [2.45, 2.75) is 24.8 Å². The van der Waals surface area contributed by atoms with Crippen LogP contribution in [0.25, 0.3) is 0 Å². The van der Waals surface area contributed by atoms with Gasteiger partial charge in [-0.25, -0.2) is 13.1 Å². The number of primary amides is 1. The minimum atomic E-state index is -3.77. The maximum absolute atomic E-state index is 12.4. The lowest BCUT2D eigenvalue weighted by Gasteiger charge is -2.15. The Balaban J connectivity index is 2.31. The molecule has 0 fully saturated rings. The molecule has 1 atom stereocenters. The van der Waals surface area contributed by atoms with Crippen LogP contribution in [0.4, 0.5) is 0 Å². The fourth-order valence-corrected chi connectivity index (χ4v) is 3.29. The van der Waals surface area contributed by atoms with Crippen molar-refractivity contribution >= 4 is 15.9 Å². The van der Waals surface area contributed by atoms with Crippen LogP contribution in [0.3, 0.4) is 0 Å². The Morgan fingerprint density at radius 2 is 2.05 bits per heavy atom. The Morgan fingerprint density at radius 1 is 1.32 bits per heavy atom. The molecule has 1 heterocycles. The van der Waals surface area contributed by atoms with E-state index in [1.165, 1.54) is 12.1 Å². The minimum absolute atomic E-state index is 0.00244. The molecular weight excluding hydrogens is 302 g/mol. The molecule has 0 aliphatic heterocycles. The number of nitrogens with zero attached hydrogens (tertiary/aromatic N) is 1. The molecule has 116 valence electrons. The summed E-state index contributed by atoms with van der Waals surface area (Å²) < 4.78 is 27.4. The second kappa shape index (κ2) is 6.25. The van der Waals surface area contributed by atoms with E-state index in [9.17, 15) is 13.2 Å². The molecule has 1 amide bonds. The molecule has 0 saturated heterocycles. The van der Waals surface area contributed by atoms with Crippen molar-refractivity contribution in [2.75, 3.05) is 0 Å². The van der Waals surface area contributed by atoms with Gasteiger partial charge in [0.25, 0.3) is 0 Å². The van der Waals surface area contributed by atoms with Crippen LogP contribution in [0, 0.1) is 6.92 Å². The number of hydrogen-bond acceptors (Lipinski definition) is 4. The molecular formula is C15H17N3O3S. The van der Waals surface area contributed by atoms with Crippen molar-refractivity contribution in [3.05, 3.63) is 59.4 Å². The van der Waals surface area contributed by atoms with Crippen molar-refractivity contribution in [1.29, 1.82) is 0 Å². The van der Waals surface area contributed by atoms with Crippen molar-refractivity contribution in [2.24, 2.45) is 5.73 Å². The lowest BCUT2D eigenvalue weighted by molar-refractivity contribution is 0.0999. The van der Waals surface area contributed by atoms with Gasteiger partial charge in [-0.15, -0.1) is 0 Å². The number of carbonyl (C=O) groups excluding carboxylic acids is 1. The number of nitrogens with one attached hydrogen (secondary N) is 1. The third kappa shape index (κ3) is 3.49. The molecule has 2 aromatic rings. The number of pyridine rings is 1. The van der Waals surface area contributed by atoms with E-state index in [1.54, 1.807) is 44.4 Å². The number of aromatic nitrogens is 1. The first kappa shape index (κ1) is 16.1. The van der Waals surface area contributed by atoms with Crippen LogP contribution in [0.2, 0.25) is 0 Å². The van der Waals surface area contributed by atoms with E-state index in [-0.39, 0.29) is 10.5 Å². The molecule has 1 aromatic carbocycles. The molecule has 0 aliphatic carbocycles. The van der Waals surface area contributed by atoms with Gasteiger partial charge in [0.1, 0.15) is 0 Å². The fourth-order valence-electron chi connectivity index (χ4n) is 2.03. The highest BCUT2D eigenvalue weighted by Crippen LogP contribution is 2.18. The standard InChI is InChI=1S/C15H17N3O3S/c1-10-5-6-13(8-14(10)15(16)19)22(20,21)18-11(2)12-4-3-7-17-9-12/h3-9,11,18H,1-2H3,(H2,16,19)/t11-/m1/s1. The average Bonchev–Trinajstić information content (AvgIpc) is 2.47. The van der Waals surface area contributed by atoms with Crippen molar-refractivity contribution in [3.63, 3.8) is 0 Å². The zero-order chi connectivity index (χ0) is 16.3. The van der Waals surface area contributed by atoms with Crippen LogP contribution < -0.4 is 10.5 Å². The minimum Gasteiger partial charge on any atom is -0.366 e. The summed E-state index contributed by atoms with van der Waals surface area (Å²) in [4.78, 5) is 15.3. The van der Waals surface area contributed by atoms with Gasteiger partial charge in [0.15, 0.2) is 0 Å². The highest BCUT2D eigenvalue weighted by Gasteiger charge is 2.20. The predicted octanol–water partition coefficient (Wildman–Crippen LogP) is 1.53. The van der Waals surface area contributed by atoms with Crippen LogP contribution in [-0.4, -0.2) is 19.3 Å². The van der Waals surface area contributed by atoms with E-state index in [0.717, 1.165) is 5.56 Å². The SMILES string of the molecule is Cc1ccc(S(=O)(=O)N[C@H](C)c2cccnc2)cc1C(N)=O. The van der Waals surface area contributed by atoms with Gasteiger partial charge in [-0.3, -0.25) is 9.78 Å². The third-order valence-electron chi connectivity index (χ3n) is 3.30. The average molecular weight is 319 g/mol. The lowest BCUT2D eigenvalue weighted by atomic mass is 10.1. The second-order valence-electron chi connectivity index (χ2n) is 4.97. The number of sulfonamides is 1. The summed E-state index contributed by atoms with van der Waals surface area (Å²) in [6.45, 7) is 3.42. The Hall–Kier alpha value is -2.25. The summed E-state index contributed by atoms with van der Waals surface area (Å²) in [6.07, 6.45) is 3.21. The van der Waals surface area contributed by atoms with E-state index in [2.05, 4.69) is 9.71 Å². The topological polar surface area (TPSA) is 102 Å². The molecule has 0 aliphatic rings. The first-order chi connectivity index (χ1) is 10.3. The molecule has 3 N–H and O–H groups in total. The number of rotatable bonds is 5. The van der Waals surface area contributed by atoms with Gasteiger partial charge in [0.05, 0.1) is 4.90 Å². The van der Waals surface area contributed by atoms with E-state index < -0.39 is 22.0 Å². The molecule has 22 heavy (non-hydrogen) atoms. The molecule has 0 unspecified atom stereocenters. The number of aryl methyl sites for hydroxylation is 1. The van der Waals surface area contributed by atoms with Crippen molar-refractivity contribution < 1.29 is 13.2 Å². The van der Waals surface area contributed by atoms with Crippen molar-refractivity contribution in [3.8, 4) is 0 Å². The molecule has 6 nitrogen and oxygen atoms in total. The van der Waals surface area contributed by atoms with E-state index in [0.29, 0.717) is 5.56 Å². The lowest BCUT2D eigenvalue weighted by Crippen LogP contribution is -2.27. The summed E-state index contributed by atoms with van der Waals surface area (Å²) in [6, 6.07) is 7.36. The highest BCUT2D eigenvalue weighted by atomic mass is 32.2. The van der Waals surface area contributed by atoms with Gasteiger partial charge < -0.3 is 5.73 Å². The summed E-state index contributed by atoms with van der Waals surface area (Å²) in [5, 5.41) is 0. The van der Waals surface area contributed by atoms with Gasteiger partial charge in [-0.1, -0.05) is 12.1 Å². The number of hydrogen-bond donors (Lipinski definition) is 2. The van der Waals surface area contributed by atoms with E-state index in [4.69, 9.17) is 5.73 Å². The summed E-state index contributed by atoms with van der Waals surface area (Å²) in [7, 11) is -3.77. The number of amides is 1. The van der Waals surface area contributed by atoms with Gasteiger partial charge in [0, 0.05) is 24.0 Å². The van der Waals surface area contributed by atoms with Gasteiger partial charge in [-0.05, 0) is 43.2 Å². The molecule has 0 radical (unpaired) electrons. The molecule has 0 spiro atoms. The first-order valence-electron chi connectivity index (χ1n) is 6.64. The molecule has 1 aromatic heterocycles. The Kier molecular flexibility index (Phi) is 4.58. The van der Waals surface area contributed by atoms with Gasteiger partial charge >= 0.3 is 0 Å².